The standard InChI is InChI=1S/C14H12N2O5S2/c17-12(18)5-2-6-15-13(19)11(23-14(15)22)8-9-3-1-4-10(7-9)16(20)21/h1,3-4,7-8H,2,5-6H2,(H,17,18)/b11-8-. The molecule has 1 aliphatic heterocycles. The molecule has 1 heterocycles. The Hall–Kier alpha value is -2.26. The molecule has 0 bridgehead atoms. The van der Waals surface area contributed by atoms with Crippen LogP contribution in [0.2, 0.25) is 0 Å². The van der Waals surface area contributed by atoms with Crippen LogP contribution < -0.4 is 0 Å². The van der Waals surface area contributed by atoms with Gasteiger partial charge in [-0.3, -0.25) is 24.6 Å². The normalized spacial score (nSPS) is 16.2. The van der Waals surface area contributed by atoms with Gasteiger partial charge in [0.2, 0.25) is 0 Å². The number of nitro groups is 1. The van der Waals surface area contributed by atoms with E-state index in [4.69, 9.17) is 17.3 Å². The third-order valence-corrected chi connectivity index (χ3v) is 4.40. The Morgan fingerprint density at radius 2 is 2.22 bits per heavy atom. The zero-order valence-corrected chi connectivity index (χ0v) is 13.4. The highest BCUT2D eigenvalue weighted by Gasteiger charge is 2.31. The summed E-state index contributed by atoms with van der Waals surface area (Å²) in [5, 5.41) is 19.4. The number of aliphatic carboxylic acids is 1. The minimum Gasteiger partial charge on any atom is -0.481 e. The van der Waals surface area contributed by atoms with E-state index in [0.717, 1.165) is 11.8 Å². The molecule has 1 aromatic carbocycles. The topological polar surface area (TPSA) is 101 Å². The molecule has 0 saturated carbocycles. The third kappa shape index (κ3) is 4.36. The first kappa shape index (κ1) is 17.1. The van der Waals surface area contributed by atoms with Crippen LogP contribution in [0.15, 0.2) is 29.2 Å². The van der Waals surface area contributed by atoms with Crippen molar-refractivity contribution in [3.63, 3.8) is 0 Å². The summed E-state index contributed by atoms with van der Waals surface area (Å²) in [6, 6.07) is 5.94. The molecule has 9 heteroatoms. The van der Waals surface area contributed by atoms with Crippen LogP contribution in [0.25, 0.3) is 6.08 Å². The van der Waals surface area contributed by atoms with Crippen molar-refractivity contribution < 1.29 is 19.6 Å². The Bertz CT molecular complexity index is 717. The monoisotopic (exact) mass is 352 g/mol. The van der Waals surface area contributed by atoms with Gasteiger partial charge < -0.3 is 5.11 Å². The number of nitrogens with zero attached hydrogens (tertiary/aromatic N) is 2. The Morgan fingerprint density at radius 3 is 2.87 bits per heavy atom. The molecule has 120 valence electrons. The number of nitro benzene ring substituents is 1. The fourth-order valence-corrected chi connectivity index (χ4v) is 3.27. The van der Waals surface area contributed by atoms with E-state index >= 15 is 0 Å². The van der Waals surface area contributed by atoms with Gasteiger partial charge >= 0.3 is 5.97 Å². The minimum atomic E-state index is -0.928. The van der Waals surface area contributed by atoms with E-state index in [9.17, 15) is 19.7 Å². The van der Waals surface area contributed by atoms with Gasteiger partial charge in [0, 0.05) is 25.1 Å². The number of thiocarbonyl (C=S) groups is 1. The number of rotatable bonds is 6. The summed E-state index contributed by atoms with van der Waals surface area (Å²) in [6.07, 6.45) is 1.82. The zero-order chi connectivity index (χ0) is 17.0. The van der Waals surface area contributed by atoms with Crippen molar-refractivity contribution in [2.24, 2.45) is 0 Å². The smallest absolute Gasteiger partial charge is 0.303 e. The quantitative estimate of drug-likeness (QED) is 0.363. The Balaban J connectivity index is 2.13. The highest BCUT2D eigenvalue weighted by molar-refractivity contribution is 8.26. The molecule has 23 heavy (non-hydrogen) atoms. The van der Waals surface area contributed by atoms with E-state index in [2.05, 4.69) is 0 Å². The van der Waals surface area contributed by atoms with Crippen LogP contribution in [0.5, 0.6) is 0 Å². The lowest BCUT2D eigenvalue weighted by Crippen LogP contribution is -2.29. The van der Waals surface area contributed by atoms with Gasteiger partial charge in [-0.1, -0.05) is 36.1 Å². The number of hydrogen-bond donors (Lipinski definition) is 1. The highest BCUT2D eigenvalue weighted by Crippen LogP contribution is 2.33. The van der Waals surface area contributed by atoms with E-state index in [-0.39, 0.29) is 24.6 Å². The first-order valence-corrected chi connectivity index (χ1v) is 7.82. The maximum Gasteiger partial charge on any atom is 0.303 e. The molecule has 1 N–H and O–H groups in total. The third-order valence-electron chi connectivity index (χ3n) is 3.02. The summed E-state index contributed by atoms with van der Waals surface area (Å²) in [6.45, 7) is 0.239. The molecule has 2 rings (SSSR count). The van der Waals surface area contributed by atoms with Crippen molar-refractivity contribution in [2.75, 3.05) is 6.54 Å². The molecule has 0 spiro atoms. The van der Waals surface area contributed by atoms with Gasteiger partial charge in [-0.15, -0.1) is 0 Å². The van der Waals surface area contributed by atoms with Crippen molar-refractivity contribution in [3.05, 3.63) is 44.8 Å². The van der Waals surface area contributed by atoms with Crippen LogP contribution in [0, 0.1) is 10.1 Å². The van der Waals surface area contributed by atoms with Crippen molar-refractivity contribution in [1.29, 1.82) is 0 Å². The fourth-order valence-electron chi connectivity index (χ4n) is 1.96. The number of carbonyl (C=O) groups excluding carboxylic acids is 1. The molecule has 0 aromatic heterocycles. The summed E-state index contributed by atoms with van der Waals surface area (Å²) >= 11 is 6.23. The minimum absolute atomic E-state index is 0.0407. The maximum absolute atomic E-state index is 12.3. The molecule has 1 aromatic rings. The molecule has 0 unspecified atom stereocenters. The number of amides is 1. The van der Waals surface area contributed by atoms with E-state index in [0.29, 0.717) is 21.2 Å². The van der Waals surface area contributed by atoms with Gasteiger partial charge in [-0.2, -0.15) is 0 Å². The second kappa shape index (κ2) is 7.34. The summed E-state index contributed by atoms with van der Waals surface area (Å²) < 4.78 is 0.358. The second-order valence-corrected chi connectivity index (χ2v) is 6.36. The summed E-state index contributed by atoms with van der Waals surface area (Å²) in [5.74, 6) is -1.24. The van der Waals surface area contributed by atoms with Crippen LogP contribution in [0.4, 0.5) is 5.69 Å². The Kier molecular flexibility index (Phi) is 5.45. The van der Waals surface area contributed by atoms with Crippen molar-refractivity contribution in [1.82, 2.24) is 4.90 Å². The lowest BCUT2D eigenvalue weighted by molar-refractivity contribution is -0.384. The number of hydrogen-bond acceptors (Lipinski definition) is 6. The first-order chi connectivity index (χ1) is 10.9. The number of thioether (sulfide) groups is 1. The first-order valence-electron chi connectivity index (χ1n) is 6.60. The number of non-ortho nitro benzene ring substituents is 1. The van der Waals surface area contributed by atoms with Crippen molar-refractivity contribution >= 4 is 51.9 Å². The summed E-state index contributed by atoms with van der Waals surface area (Å²) in [7, 11) is 0. The summed E-state index contributed by atoms with van der Waals surface area (Å²) in [5.41, 5.74) is 0.473. The number of carboxylic acids is 1. The predicted molar refractivity (Wildman–Crippen MR) is 89.8 cm³/mol. The van der Waals surface area contributed by atoms with Crippen LogP contribution >= 0.6 is 24.0 Å². The van der Waals surface area contributed by atoms with Gasteiger partial charge in [-0.25, -0.2) is 0 Å². The fraction of sp³-hybridized carbons (Fsp3) is 0.214. The predicted octanol–water partition coefficient (Wildman–Crippen LogP) is 2.66. The molecule has 1 aliphatic rings. The maximum atomic E-state index is 12.3. The second-order valence-electron chi connectivity index (χ2n) is 4.68. The van der Waals surface area contributed by atoms with Gasteiger partial charge in [0.15, 0.2) is 0 Å². The molecule has 0 aliphatic carbocycles. The van der Waals surface area contributed by atoms with Gasteiger partial charge in [-0.05, 0) is 18.1 Å². The molecular weight excluding hydrogens is 340 g/mol. The van der Waals surface area contributed by atoms with Crippen LogP contribution in [0.1, 0.15) is 18.4 Å². The SMILES string of the molecule is O=C(O)CCCN1C(=O)/C(=C/c2cccc([N+](=O)[O-])c2)SC1=S. The number of carboxylic acid groups (broad SMARTS) is 1. The van der Waals surface area contributed by atoms with Crippen LogP contribution in [-0.4, -0.2) is 37.7 Å². The Labute approximate surface area is 141 Å². The average molecular weight is 352 g/mol. The number of carbonyl (C=O) groups is 2. The Morgan fingerprint density at radius 1 is 1.48 bits per heavy atom. The van der Waals surface area contributed by atoms with Crippen LogP contribution in [0.3, 0.4) is 0 Å². The zero-order valence-electron chi connectivity index (χ0n) is 11.8. The van der Waals surface area contributed by atoms with E-state index in [1.165, 1.54) is 23.1 Å². The van der Waals surface area contributed by atoms with Crippen molar-refractivity contribution in [2.45, 2.75) is 12.8 Å². The molecule has 1 saturated heterocycles. The molecule has 0 radical (unpaired) electrons. The summed E-state index contributed by atoms with van der Waals surface area (Å²) in [4.78, 5) is 34.8. The van der Waals surface area contributed by atoms with E-state index in [1.807, 2.05) is 0 Å². The van der Waals surface area contributed by atoms with Crippen molar-refractivity contribution in [3.8, 4) is 0 Å². The lowest BCUT2D eigenvalue weighted by atomic mass is 10.2. The lowest BCUT2D eigenvalue weighted by Gasteiger charge is -2.13. The van der Waals surface area contributed by atoms with Gasteiger partial charge in [0.1, 0.15) is 4.32 Å². The average Bonchev–Trinajstić information content (AvgIpc) is 2.74. The largest absolute Gasteiger partial charge is 0.481 e. The molecule has 1 fully saturated rings. The highest BCUT2D eigenvalue weighted by atomic mass is 32.2. The molecule has 0 atom stereocenters. The van der Waals surface area contributed by atoms with E-state index in [1.54, 1.807) is 12.1 Å². The van der Waals surface area contributed by atoms with Crippen LogP contribution in [-0.2, 0) is 9.59 Å². The molecule has 1 amide bonds. The van der Waals surface area contributed by atoms with E-state index < -0.39 is 10.9 Å². The number of benzene rings is 1. The molecule has 7 nitrogen and oxygen atoms in total. The van der Waals surface area contributed by atoms with Gasteiger partial charge in [0.05, 0.1) is 9.83 Å². The molecular formula is C14H12N2O5S2. The van der Waals surface area contributed by atoms with Gasteiger partial charge in [0.25, 0.3) is 11.6 Å².